The van der Waals surface area contributed by atoms with Crippen molar-refractivity contribution < 1.29 is 8.42 Å². The maximum Gasteiger partial charge on any atom is 0.147 e. The van der Waals surface area contributed by atoms with Gasteiger partial charge in [-0.1, -0.05) is 20.3 Å². The van der Waals surface area contributed by atoms with Crippen LogP contribution in [0.1, 0.15) is 33.1 Å². The number of sulfone groups is 1. The van der Waals surface area contributed by atoms with Crippen LogP contribution in [-0.2, 0) is 9.84 Å². The first-order valence-electron chi connectivity index (χ1n) is 5.03. The van der Waals surface area contributed by atoms with Gasteiger partial charge in [0.05, 0.1) is 5.75 Å². The molecule has 4 nitrogen and oxygen atoms in total. The highest BCUT2D eigenvalue weighted by molar-refractivity contribution is 7.90. The average molecular weight is 222 g/mol. The molecule has 2 atom stereocenters. The summed E-state index contributed by atoms with van der Waals surface area (Å²) in [6.07, 6.45) is 3.88. The lowest BCUT2D eigenvalue weighted by Crippen LogP contribution is -2.37. The molecule has 14 heavy (non-hydrogen) atoms. The lowest BCUT2D eigenvalue weighted by atomic mass is 9.98. The molecule has 0 aromatic rings. The van der Waals surface area contributed by atoms with E-state index in [0.29, 0.717) is 12.3 Å². The van der Waals surface area contributed by atoms with Gasteiger partial charge in [-0.15, -0.1) is 0 Å². The van der Waals surface area contributed by atoms with Crippen molar-refractivity contribution in [2.75, 3.05) is 12.0 Å². The number of nitrogens with one attached hydrogen (secondary N) is 1. The number of hydrazine groups is 1. The van der Waals surface area contributed by atoms with E-state index >= 15 is 0 Å². The molecule has 86 valence electrons. The topological polar surface area (TPSA) is 72.2 Å². The fraction of sp³-hybridized carbons (Fsp3) is 1.00. The van der Waals surface area contributed by atoms with Crippen molar-refractivity contribution in [2.45, 2.75) is 39.2 Å². The molecule has 0 aliphatic rings. The Kier molecular flexibility index (Phi) is 6.31. The summed E-state index contributed by atoms with van der Waals surface area (Å²) in [5, 5.41) is 0. The Morgan fingerprint density at radius 2 is 2.00 bits per heavy atom. The molecule has 0 radical (unpaired) electrons. The monoisotopic (exact) mass is 222 g/mol. The Balaban J connectivity index is 3.92. The summed E-state index contributed by atoms with van der Waals surface area (Å²) in [6, 6.07) is 0.111. The summed E-state index contributed by atoms with van der Waals surface area (Å²) in [4.78, 5) is 0. The van der Waals surface area contributed by atoms with Crippen molar-refractivity contribution in [1.29, 1.82) is 0 Å². The van der Waals surface area contributed by atoms with Gasteiger partial charge in [-0.25, -0.2) is 8.42 Å². The normalized spacial score (nSPS) is 16.6. The molecule has 0 aromatic carbocycles. The lowest BCUT2D eigenvalue weighted by molar-refractivity contribution is 0.390. The summed E-state index contributed by atoms with van der Waals surface area (Å²) >= 11 is 0. The van der Waals surface area contributed by atoms with Gasteiger partial charge in [0.15, 0.2) is 0 Å². The highest BCUT2D eigenvalue weighted by Crippen LogP contribution is 2.12. The van der Waals surface area contributed by atoms with E-state index in [1.807, 2.05) is 0 Å². The zero-order valence-corrected chi connectivity index (χ0v) is 10.1. The third-order valence-corrected chi connectivity index (χ3v) is 3.43. The van der Waals surface area contributed by atoms with E-state index in [4.69, 9.17) is 5.84 Å². The Labute approximate surface area is 87.1 Å². The van der Waals surface area contributed by atoms with Crippen LogP contribution < -0.4 is 11.3 Å². The summed E-state index contributed by atoms with van der Waals surface area (Å²) in [5.41, 5.74) is 2.68. The van der Waals surface area contributed by atoms with Gasteiger partial charge in [-0.05, 0) is 18.8 Å². The van der Waals surface area contributed by atoms with E-state index < -0.39 is 9.84 Å². The van der Waals surface area contributed by atoms with Crippen LogP contribution in [0.25, 0.3) is 0 Å². The van der Waals surface area contributed by atoms with Gasteiger partial charge in [0.1, 0.15) is 9.84 Å². The van der Waals surface area contributed by atoms with Crippen LogP contribution in [-0.4, -0.2) is 26.5 Å². The maximum atomic E-state index is 10.9. The first kappa shape index (κ1) is 13.9. The third-order valence-electron chi connectivity index (χ3n) is 2.46. The van der Waals surface area contributed by atoms with Crippen molar-refractivity contribution in [2.24, 2.45) is 11.8 Å². The highest BCUT2D eigenvalue weighted by atomic mass is 32.2. The number of hydrogen-bond donors (Lipinski definition) is 2. The molecule has 0 spiro atoms. The molecular weight excluding hydrogens is 200 g/mol. The lowest BCUT2D eigenvalue weighted by Gasteiger charge is -2.18. The molecule has 0 aromatic heterocycles. The van der Waals surface area contributed by atoms with E-state index in [1.165, 1.54) is 6.26 Å². The average Bonchev–Trinajstić information content (AvgIpc) is 2.10. The van der Waals surface area contributed by atoms with Crippen molar-refractivity contribution >= 4 is 9.84 Å². The first-order chi connectivity index (χ1) is 6.39. The molecule has 0 amide bonds. The van der Waals surface area contributed by atoms with Crippen LogP contribution in [0, 0.1) is 5.92 Å². The van der Waals surface area contributed by atoms with Crippen molar-refractivity contribution in [3.63, 3.8) is 0 Å². The van der Waals surface area contributed by atoms with Gasteiger partial charge in [0, 0.05) is 12.3 Å². The Morgan fingerprint density at radius 1 is 1.43 bits per heavy atom. The third kappa shape index (κ3) is 7.29. The molecule has 0 fully saturated rings. The van der Waals surface area contributed by atoms with E-state index in [-0.39, 0.29) is 11.8 Å². The van der Waals surface area contributed by atoms with Gasteiger partial charge in [0.2, 0.25) is 0 Å². The van der Waals surface area contributed by atoms with Crippen LogP contribution in [0.2, 0.25) is 0 Å². The van der Waals surface area contributed by atoms with Crippen molar-refractivity contribution in [3.8, 4) is 0 Å². The SMILES string of the molecule is CCC(C)CC(CCS(C)(=O)=O)NN. The molecule has 5 heteroatoms. The predicted molar refractivity (Wildman–Crippen MR) is 59.5 cm³/mol. The smallest absolute Gasteiger partial charge is 0.147 e. The fourth-order valence-corrected chi connectivity index (χ4v) is 1.99. The number of nitrogens with two attached hydrogens (primary N) is 1. The molecule has 2 unspecified atom stereocenters. The molecule has 3 N–H and O–H groups in total. The minimum atomic E-state index is -2.87. The Hall–Kier alpha value is -0.130. The number of rotatable bonds is 7. The van der Waals surface area contributed by atoms with E-state index in [1.54, 1.807) is 0 Å². The predicted octanol–water partition coefficient (Wildman–Crippen LogP) is 0.689. The summed E-state index contributed by atoms with van der Waals surface area (Å²) in [5.74, 6) is 6.15. The Morgan fingerprint density at radius 3 is 2.36 bits per heavy atom. The van der Waals surface area contributed by atoms with Crippen molar-refractivity contribution in [1.82, 2.24) is 5.43 Å². The van der Waals surface area contributed by atoms with E-state index in [2.05, 4.69) is 19.3 Å². The molecule has 0 heterocycles. The van der Waals surface area contributed by atoms with E-state index in [9.17, 15) is 8.42 Å². The summed E-state index contributed by atoms with van der Waals surface area (Å²) in [7, 11) is -2.87. The van der Waals surface area contributed by atoms with Crippen LogP contribution in [0.15, 0.2) is 0 Å². The quantitative estimate of drug-likeness (QED) is 0.491. The molecule has 0 aliphatic heterocycles. The van der Waals surface area contributed by atoms with Gasteiger partial charge >= 0.3 is 0 Å². The highest BCUT2D eigenvalue weighted by Gasteiger charge is 2.13. The summed E-state index contributed by atoms with van der Waals surface area (Å²) < 4.78 is 21.9. The maximum absolute atomic E-state index is 10.9. The van der Waals surface area contributed by atoms with E-state index in [0.717, 1.165) is 12.8 Å². The standard InChI is InChI=1S/C9H22N2O2S/c1-4-8(2)7-9(11-10)5-6-14(3,12)13/h8-9,11H,4-7,10H2,1-3H3. The zero-order chi connectivity index (χ0) is 11.2. The molecule has 0 rings (SSSR count). The van der Waals surface area contributed by atoms with Gasteiger partial charge in [-0.2, -0.15) is 0 Å². The van der Waals surface area contributed by atoms with Crippen LogP contribution in [0.3, 0.4) is 0 Å². The molecule has 0 saturated carbocycles. The molecular formula is C9H22N2O2S. The second kappa shape index (κ2) is 6.37. The largest absolute Gasteiger partial charge is 0.271 e. The minimum absolute atomic E-state index is 0.111. The zero-order valence-electron chi connectivity index (χ0n) is 9.29. The second-order valence-electron chi connectivity index (χ2n) is 4.03. The molecule has 0 bridgehead atoms. The minimum Gasteiger partial charge on any atom is -0.271 e. The Bertz CT molecular complexity index is 239. The van der Waals surface area contributed by atoms with Crippen LogP contribution >= 0.6 is 0 Å². The first-order valence-corrected chi connectivity index (χ1v) is 7.09. The van der Waals surface area contributed by atoms with Gasteiger partial charge < -0.3 is 0 Å². The summed E-state index contributed by atoms with van der Waals surface area (Å²) in [6.45, 7) is 4.26. The fourth-order valence-electron chi connectivity index (χ4n) is 1.28. The molecule has 0 saturated heterocycles. The van der Waals surface area contributed by atoms with Crippen molar-refractivity contribution in [3.05, 3.63) is 0 Å². The number of hydrogen-bond acceptors (Lipinski definition) is 4. The van der Waals surface area contributed by atoms with Gasteiger partial charge in [0.25, 0.3) is 0 Å². The second-order valence-corrected chi connectivity index (χ2v) is 6.29. The van der Waals surface area contributed by atoms with Gasteiger partial charge in [-0.3, -0.25) is 11.3 Å². The van der Waals surface area contributed by atoms with Crippen LogP contribution in [0.4, 0.5) is 0 Å². The molecule has 0 aliphatic carbocycles. The van der Waals surface area contributed by atoms with Crippen LogP contribution in [0.5, 0.6) is 0 Å².